The first kappa shape index (κ1) is 9.72. The summed E-state index contributed by atoms with van der Waals surface area (Å²) in [5.74, 6) is 0.273. The van der Waals surface area contributed by atoms with E-state index in [4.69, 9.17) is 5.11 Å². The lowest BCUT2D eigenvalue weighted by atomic mass is 10.1. The lowest BCUT2D eigenvalue weighted by Gasteiger charge is -1.99. The number of rotatable bonds is 2. The van der Waals surface area contributed by atoms with E-state index in [1.807, 2.05) is 18.2 Å². The van der Waals surface area contributed by atoms with Crippen LogP contribution >= 0.6 is 11.8 Å². The first-order valence-electron chi connectivity index (χ1n) is 5.08. The molecule has 0 unspecified atom stereocenters. The van der Waals surface area contributed by atoms with Gasteiger partial charge in [0.2, 0.25) is 0 Å². The Morgan fingerprint density at radius 3 is 3.25 bits per heavy atom. The molecule has 0 fully saturated rings. The highest BCUT2D eigenvalue weighted by Crippen LogP contribution is 2.30. The number of hydrogen-bond acceptors (Lipinski definition) is 3. The van der Waals surface area contributed by atoms with Crippen LogP contribution in [0.2, 0.25) is 0 Å². The van der Waals surface area contributed by atoms with Gasteiger partial charge in [-0.25, -0.2) is 4.98 Å². The first-order chi connectivity index (χ1) is 7.74. The number of carboxylic acids is 1. The average Bonchev–Trinajstić information content (AvgIpc) is 2.75. The zero-order valence-electron chi connectivity index (χ0n) is 8.51. The number of hydrogen-bond donors (Lipinski definition) is 1. The fourth-order valence-corrected chi connectivity index (χ4v) is 2.96. The number of aromatic nitrogens is 2. The summed E-state index contributed by atoms with van der Waals surface area (Å²) >= 11 is 1.75. The van der Waals surface area contributed by atoms with Crippen LogP contribution in [0.4, 0.5) is 0 Å². The van der Waals surface area contributed by atoms with Crippen molar-refractivity contribution in [3.05, 3.63) is 23.8 Å². The fourth-order valence-electron chi connectivity index (χ4n) is 1.99. The number of thioether (sulfide) groups is 1. The van der Waals surface area contributed by atoms with Crippen molar-refractivity contribution in [2.75, 3.05) is 5.75 Å². The molecule has 1 N–H and O–H groups in total. The largest absolute Gasteiger partial charge is 0.481 e. The van der Waals surface area contributed by atoms with Gasteiger partial charge in [-0.3, -0.25) is 4.79 Å². The van der Waals surface area contributed by atoms with Gasteiger partial charge >= 0.3 is 5.97 Å². The highest BCUT2D eigenvalue weighted by atomic mass is 32.2. The second-order valence-corrected chi connectivity index (χ2v) is 4.85. The van der Waals surface area contributed by atoms with E-state index in [-0.39, 0.29) is 6.42 Å². The van der Waals surface area contributed by atoms with Crippen molar-refractivity contribution in [3.63, 3.8) is 0 Å². The van der Waals surface area contributed by atoms with E-state index in [0.717, 1.165) is 34.1 Å². The van der Waals surface area contributed by atoms with Crippen molar-refractivity contribution < 1.29 is 9.90 Å². The zero-order valence-corrected chi connectivity index (χ0v) is 9.33. The Kier molecular flexibility index (Phi) is 2.14. The number of nitrogens with zero attached hydrogens (tertiary/aromatic N) is 2. The number of carbonyl (C=O) groups is 1. The van der Waals surface area contributed by atoms with Crippen molar-refractivity contribution in [2.24, 2.45) is 0 Å². The molecule has 4 nitrogen and oxygen atoms in total. The molecular formula is C11H10N2O2S. The predicted octanol–water partition coefficient (Wildman–Crippen LogP) is 1.77. The van der Waals surface area contributed by atoms with Crippen molar-refractivity contribution in [2.45, 2.75) is 18.1 Å². The molecule has 0 aliphatic carbocycles. The Morgan fingerprint density at radius 1 is 1.56 bits per heavy atom. The van der Waals surface area contributed by atoms with E-state index in [2.05, 4.69) is 9.55 Å². The monoisotopic (exact) mass is 234 g/mol. The van der Waals surface area contributed by atoms with Gasteiger partial charge in [-0.05, 0) is 17.7 Å². The summed E-state index contributed by atoms with van der Waals surface area (Å²) in [6, 6.07) is 5.71. The van der Waals surface area contributed by atoms with Crippen molar-refractivity contribution in [3.8, 4) is 0 Å². The van der Waals surface area contributed by atoms with Crippen LogP contribution in [0.1, 0.15) is 5.56 Å². The maximum atomic E-state index is 10.6. The second-order valence-electron chi connectivity index (χ2n) is 3.79. The molecular weight excluding hydrogens is 224 g/mol. The normalized spacial score (nSPS) is 14.2. The summed E-state index contributed by atoms with van der Waals surface area (Å²) < 4.78 is 2.19. The molecule has 1 aliphatic rings. The maximum Gasteiger partial charge on any atom is 0.307 e. The third kappa shape index (κ3) is 1.48. The molecule has 5 heteroatoms. The Balaban J connectivity index is 2.09. The molecule has 0 bridgehead atoms. The van der Waals surface area contributed by atoms with Gasteiger partial charge < -0.3 is 9.67 Å². The summed E-state index contributed by atoms with van der Waals surface area (Å²) in [5, 5.41) is 9.77. The third-order valence-electron chi connectivity index (χ3n) is 2.68. The van der Waals surface area contributed by atoms with Crippen LogP contribution in [0.25, 0.3) is 11.0 Å². The summed E-state index contributed by atoms with van der Waals surface area (Å²) in [6.45, 7) is 0.995. The molecule has 0 amide bonds. The molecule has 1 aromatic heterocycles. The molecule has 16 heavy (non-hydrogen) atoms. The number of carboxylic acid groups (broad SMARTS) is 1. The molecule has 3 rings (SSSR count). The molecule has 0 saturated heterocycles. The van der Waals surface area contributed by atoms with E-state index in [1.54, 1.807) is 11.8 Å². The van der Waals surface area contributed by atoms with Crippen LogP contribution < -0.4 is 0 Å². The molecule has 0 radical (unpaired) electrons. The fraction of sp³-hybridized carbons (Fsp3) is 0.273. The number of imidazole rings is 1. The molecule has 2 heterocycles. The van der Waals surface area contributed by atoms with Gasteiger partial charge in [0.05, 0.1) is 17.5 Å². The van der Waals surface area contributed by atoms with Crippen LogP contribution in [0.15, 0.2) is 23.4 Å². The summed E-state index contributed by atoms with van der Waals surface area (Å²) in [5.41, 5.74) is 2.82. The minimum absolute atomic E-state index is 0.0608. The van der Waals surface area contributed by atoms with Crippen molar-refractivity contribution in [1.29, 1.82) is 0 Å². The lowest BCUT2D eigenvalue weighted by molar-refractivity contribution is -0.136. The lowest BCUT2D eigenvalue weighted by Crippen LogP contribution is -2.00. The van der Waals surface area contributed by atoms with Crippen LogP contribution in [0.5, 0.6) is 0 Å². The number of benzene rings is 1. The number of aliphatic carboxylic acids is 1. The highest BCUT2D eigenvalue weighted by molar-refractivity contribution is 7.99. The van der Waals surface area contributed by atoms with E-state index in [9.17, 15) is 4.79 Å². The smallest absolute Gasteiger partial charge is 0.307 e. The van der Waals surface area contributed by atoms with E-state index in [1.165, 1.54) is 0 Å². The predicted molar refractivity (Wildman–Crippen MR) is 61.8 cm³/mol. The number of fused-ring (bicyclic) bond motifs is 3. The van der Waals surface area contributed by atoms with Crippen LogP contribution in [-0.2, 0) is 17.8 Å². The molecule has 0 spiro atoms. The van der Waals surface area contributed by atoms with E-state index in [0.29, 0.717) is 0 Å². The minimum atomic E-state index is -0.805. The van der Waals surface area contributed by atoms with Gasteiger partial charge in [0.15, 0.2) is 5.16 Å². The SMILES string of the molecule is O=C(O)Cc1ccc2c(c1)nc1n2CCS1. The average molecular weight is 234 g/mol. The summed E-state index contributed by atoms with van der Waals surface area (Å²) in [6.07, 6.45) is 0.0608. The zero-order chi connectivity index (χ0) is 11.1. The Labute approximate surface area is 96.3 Å². The number of aryl methyl sites for hydroxylation is 1. The topological polar surface area (TPSA) is 55.1 Å². The first-order valence-corrected chi connectivity index (χ1v) is 6.06. The van der Waals surface area contributed by atoms with Gasteiger partial charge in [-0.2, -0.15) is 0 Å². The summed E-state index contributed by atoms with van der Waals surface area (Å²) in [4.78, 5) is 15.1. The molecule has 1 aromatic carbocycles. The van der Waals surface area contributed by atoms with Crippen molar-refractivity contribution >= 4 is 28.8 Å². The van der Waals surface area contributed by atoms with Gasteiger partial charge in [-0.15, -0.1) is 0 Å². The Bertz CT molecular complexity index is 577. The van der Waals surface area contributed by atoms with Gasteiger partial charge in [-0.1, -0.05) is 17.8 Å². The molecule has 0 saturated carbocycles. The van der Waals surface area contributed by atoms with E-state index >= 15 is 0 Å². The van der Waals surface area contributed by atoms with Crippen LogP contribution in [0.3, 0.4) is 0 Å². The standard InChI is InChI=1S/C11H10N2O2S/c14-10(15)6-7-1-2-9-8(5-7)12-11-13(9)3-4-16-11/h1-2,5H,3-4,6H2,(H,14,15). The summed E-state index contributed by atoms with van der Waals surface area (Å²) in [7, 11) is 0. The molecule has 82 valence electrons. The quantitative estimate of drug-likeness (QED) is 0.860. The second kappa shape index (κ2) is 3.52. The van der Waals surface area contributed by atoms with Crippen LogP contribution in [0, 0.1) is 0 Å². The van der Waals surface area contributed by atoms with E-state index < -0.39 is 5.97 Å². The van der Waals surface area contributed by atoms with Gasteiger partial charge in [0, 0.05) is 12.3 Å². The maximum absolute atomic E-state index is 10.6. The minimum Gasteiger partial charge on any atom is -0.481 e. The Morgan fingerprint density at radius 2 is 2.44 bits per heavy atom. The molecule has 0 atom stereocenters. The molecule has 1 aliphatic heterocycles. The highest BCUT2D eigenvalue weighted by Gasteiger charge is 2.16. The van der Waals surface area contributed by atoms with Crippen molar-refractivity contribution in [1.82, 2.24) is 9.55 Å². The van der Waals surface area contributed by atoms with Gasteiger partial charge in [0.1, 0.15) is 0 Å². The van der Waals surface area contributed by atoms with Crippen LogP contribution in [-0.4, -0.2) is 26.4 Å². The Hall–Kier alpha value is -1.49. The third-order valence-corrected chi connectivity index (χ3v) is 3.64. The molecule has 2 aromatic rings. The van der Waals surface area contributed by atoms with Gasteiger partial charge in [0.25, 0.3) is 0 Å².